The van der Waals surface area contributed by atoms with Crippen LogP contribution in [0.1, 0.15) is 15.2 Å². The second-order valence-corrected chi connectivity index (χ2v) is 7.76. The van der Waals surface area contributed by atoms with Gasteiger partial charge in [0, 0.05) is 22.7 Å². The highest BCUT2D eigenvalue weighted by molar-refractivity contribution is 7.16. The number of hydrogen-bond acceptors (Lipinski definition) is 6. The maximum Gasteiger partial charge on any atom is 0.322 e. The van der Waals surface area contributed by atoms with Crippen LogP contribution in [0, 0.1) is 5.82 Å². The van der Waals surface area contributed by atoms with Crippen LogP contribution >= 0.6 is 34.5 Å². The van der Waals surface area contributed by atoms with E-state index in [0.717, 1.165) is 17.4 Å². The van der Waals surface area contributed by atoms with Crippen LogP contribution in [0.3, 0.4) is 0 Å². The fourth-order valence-corrected chi connectivity index (χ4v) is 3.78. The normalized spacial score (nSPS) is 10.5. The summed E-state index contributed by atoms with van der Waals surface area (Å²) in [6.07, 6.45) is 0. The van der Waals surface area contributed by atoms with E-state index in [0.29, 0.717) is 15.6 Å². The first-order valence-electron chi connectivity index (χ1n) is 8.43. The highest BCUT2D eigenvalue weighted by atomic mass is 35.5. The summed E-state index contributed by atoms with van der Waals surface area (Å²) in [5, 5.41) is 15.1. The van der Waals surface area contributed by atoms with Crippen LogP contribution in [-0.4, -0.2) is 28.5 Å². The Bertz CT molecular complexity index is 1070. The Morgan fingerprint density at radius 1 is 1.17 bits per heavy atom. The van der Waals surface area contributed by atoms with Gasteiger partial charge in [0.1, 0.15) is 23.0 Å². The van der Waals surface area contributed by atoms with Gasteiger partial charge in [0.2, 0.25) is 0 Å². The molecular weight excluding hydrogens is 456 g/mol. The van der Waals surface area contributed by atoms with Gasteiger partial charge in [-0.2, -0.15) is 4.98 Å². The van der Waals surface area contributed by atoms with E-state index >= 15 is 0 Å². The molecule has 1 aromatic heterocycles. The fourth-order valence-electron chi connectivity index (χ4n) is 2.38. The number of anilines is 1. The average molecular weight is 470 g/mol. The molecule has 1 heterocycles. The molecule has 156 valence electrons. The maximum atomic E-state index is 13.4. The van der Waals surface area contributed by atoms with Gasteiger partial charge in [0.15, 0.2) is 5.82 Å². The summed E-state index contributed by atoms with van der Waals surface area (Å²) >= 11 is 12.8. The molecule has 3 aromatic rings. The van der Waals surface area contributed by atoms with Crippen molar-refractivity contribution in [2.75, 3.05) is 11.9 Å². The number of carboxylic acids is 1. The lowest BCUT2D eigenvalue weighted by atomic mass is 10.2. The molecule has 0 aliphatic carbocycles. The van der Waals surface area contributed by atoms with Crippen LogP contribution < -0.4 is 15.4 Å². The zero-order valence-corrected chi connectivity index (χ0v) is 17.4. The molecule has 3 N–H and O–H groups in total. The molecule has 0 aliphatic rings. The molecule has 0 saturated heterocycles. The Morgan fingerprint density at radius 2 is 1.90 bits per heavy atom. The number of amides is 1. The quantitative estimate of drug-likeness (QED) is 0.437. The first kappa shape index (κ1) is 21.8. The fraction of sp³-hybridized carbons (Fsp3) is 0.105. The number of thiazole rings is 1. The number of nitrogens with zero attached hydrogens (tertiary/aromatic N) is 1. The molecule has 3 rings (SSSR count). The Balaban J connectivity index is 1.78. The van der Waals surface area contributed by atoms with Crippen molar-refractivity contribution in [3.63, 3.8) is 0 Å². The third-order valence-corrected chi connectivity index (χ3v) is 4.97. The molecular formula is C19H14Cl2FN3O4S. The number of ether oxygens (including phenoxy) is 1. The predicted octanol–water partition coefficient (Wildman–Crippen LogP) is 4.81. The van der Waals surface area contributed by atoms with Crippen molar-refractivity contribution in [2.24, 2.45) is 0 Å². The number of halogens is 3. The van der Waals surface area contributed by atoms with E-state index in [2.05, 4.69) is 15.6 Å². The van der Waals surface area contributed by atoms with Gasteiger partial charge in [-0.25, -0.2) is 4.39 Å². The Kier molecular flexibility index (Phi) is 7.09. The van der Waals surface area contributed by atoms with E-state index in [1.807, 2.05) is 0 Å². The number of hydrogen-bond donors (Lipinski definition) is 3. The van der Waals surface area contributed by atoms with Gasteiger partial charge in [0.05, 0.1) is 0 Å². The topological polar surface area (TPSA) is 101 Å². The van der Waals surface area contributed by atoms with Crippen LogP contribution in [0.2, 0.25) is 10.0 Å². The highest BCUT2D eigenvalue weighted by Crippen LogP contribution is 2.32. The van der Waals surface area contributed by atoms with Gasteiger partial charge >= 0.3 is 5.97 Å². The van der Waals surface area contributed by atoms with Crippen LogP contribution in [0.25, 0.3) is 0 Å². The number of aromatic nitrogens is 1. The second kappa shape index (κ2) is 9.75. The summed E-state index contributed by atoms with van der Waals surface area (Å²) in [6, 6.07) is 10.3. The Labute approximate surface area is 184 Å². The first-order chi connectivity index (χ1) is 14.3. The Hall–Kier alpha value is -2.88. The van der Waals surface area contributed by atoms with Gasteiger partial charge in [-0.1, -0.05) is 40.6 Å². The monoisotopic (exact) mass is 469 g/mol. The van der Waals surface area contributed by atoms with E-state index in [9.17, 15) is 14.0 Å². The van der Waals surface area contributed by atoms with E-state index in [4.69, 9.17) is 33.0 Å². The van der Waals surface area contributed by atoms with Crippen LogP contribution in [0.4, 0.5) is 10.2 Å². The molecule has 7 nitrogen and oxygen atoms in total. The number of nitrogens with one attached hydrogen (secondary N) is 2. The van der Waals surface area contributed by atoms with Gasteiger partial charge in [0.25, 0.3) is 11.1 Å². The van der Waals surface area contributed by atoms with Crippen molar-refractivity contribution in [1.29, 1.82) is 0 Å². The minimum absolute atomic E-state index is 0.0374. The lowest BCUT2D eigenvalue weighted by Gasteiger charge is -2.07. The van der Waals surface area contributed by atoms with Crippen LogP contribution in [-0.2, 0) is 11.3 Å². The zero-order valence-electron chi connectivity index (χ0n) is 15.1. The molecule has 0 spiro atoms. The predicted molar refractivity (Wildman–Crippen MR) is 112 cm³/mol. The minimum Gasteiger partial charge on any atom is -0.480 e. The molecule has 0 fully saturated rings. The van der Waals surface area contributed by atoms with E-state index in [-0.39, 0.29) is 28.2 Å². The molecule has 0 radical (unpaired) electrons. The number of carboxylic acid groups (broad SMARTS) is 1. The van der Waals surface area contributed by atoms with Gasteiger partial charge in [-0.3, -0.25) is 9.59 Å². The lowest BCUT2D eigenvalue weighted by Crippen LogP contribution is -2.23. The molecule has 0 saturated carbocycles. The van der Waals surface area contributed by atoms with Crippen molar-refractivity contribution in [1.82, 2.24) is 10.3 Å². The number of aliphatic carboxylic acids is 1. The SMILES string of the molecule is O=C(O)CNc1nc(Oc2cccc(F)c2)sc1C(=O)NCc1cc(Cl)cc(Cl)c1. The third kappa shape index (κ3) is 6.06. The molecule has 0 atom stereocenters. The van der Waals surface area contributed by atoms with Gasteiger partial charge < -0.3 is 20.5 Å². The van der Waals surface area contributed by atoms with E-state index in [1.54, 1.807) is 18.2 Å². The third-order valence-electron chi connectivity index (χ3n) is 3.60. The van der Waals surface area contributed by atoms with Crippen molar-refractivity contribution in [2.45, 2.75) is 6.54 Å². The average Bonchev–Trinajstić information content (AvgIpc) is 3.06. The van der Waals surface area contributed by atoms with Crippen molar-refractivity contribution in [3.05, 3.63) is 68.8 Å². The highest BCUT2D eigenvalue weighted by Gasteiger charge is 2.20. The van der Waals surface area contributed by atoms with Gasteiger partial charge in [-0.15, -0.1) is 0 Å². The van der Waals surface area contributed by atoms with Crippen LogP contribution in [0.15, 0.2) is 42.5 Å². The summed E-state index contributed by atoms with van der Waals surface area (Å²) in [5.74, 6) is -1.91. The molecule has 0 aliphatic heterocycles. The van der Waals surface area contributed by atoms with E-state index in [1.165, 1.54) is 18.2 Å². The largest absolute Gasteiger partial charge is 0.480 e. The minimum atomic E-state index is -1.13. The second-order valence-electron chi connectivity index (χ2n) is 5.92. The van der Waals surface area contributed by atoms with Crippen molar-refractivity contribution in [3.8, 4) is 10.9 Å². The zero-order chi connectivity index (χ0) is 21.7. The molecule has 0 unspecified atom stereocenters. The molecule has 1 amide bonds. The maximum absolute atomic E-state index is 13.4. The summed E-state index contributed by atoms with van der Waals surface area (Å²) in [6.45, 7) is -0.317. The summed E-state index contributed by atoms with van der Waals surface area (Å²) in [7, 11) is 0. The summed E-state index contributed by atoms with van der Waals surface area (Å²) in [4.78, 5) is 27.8. The number of carbonyl (C=O) groups excluding carboxylic acids is 1. The number of rotatable bonds is 8. The van der Waals surface area contributed by atoms with Crippen molar-refractivity contribution >= 4 is 52.2 Å². The standard InChI is InChI=1S/C19H14Cl2FN3O4S/c20-11-4-10(5-12(21)6-11)8-24-18(28)16-17(23-9-15(26)27)25-19(30-16)29-14-3-1-2-13(22)7-14/h1-7,23H,8-9H2,(H,24,28)(H,26,27). The number of carbonyl (C=O) groups is 2. The van der Waals surface area contributed by atoms with Gasteiger partial charge in [-0.05, 0) is 35.9 Å². The smallest absolute Gasteiger partial charge is 0.322 e. The number of benzene rings is 2. The molecule has 11 heteroatoms. The molecule has 2 aromatic carbocycles. The van der Waals surface area contributed by atoms with Crippen LogP contribution in [0.5, 0.6) is 10.9 Å². The summed E-state index contributed by atoms with van der Waals surface area (Å²) < 4.78 is 18.8. The lowest BCUT2D eigenvalue weighted by molar-refractivity contribution is -0.134. The molecule has 0 bridgehead atoms. The first-order valence-corrected chi connectivity index (χ1v) is 10.0. The van der Waals surface area contributed by atoms with E-state index < -0.39 is 24.2 Å². The molecule has 30 heavy (non-hydrogen) atoms. The van der Waals surface area contributed by atoms with Crippen molar-refractivity contribution < 1.29 is 23.8 Å². The Morgan fingerprint density at radius 3 is 2.57 bits per heavy atom. The summed E-state index contributed by atoms with van der Waals surface area (Å²) in [5.41, 5.74) is 0.682.